The van der Waals surface area contributed by atoms with Gasteiger partial charge in [0.2, 0.25) is 0 Å². The van der Waals surface area contributed by atoms with Crippen molar-refractivity contribution in [3.63, 3.8) is 0 Å². The summed E-state index contributed by atoms with van der Waals surface area (Å²) in [5.74, 6) is 0.0503. The molecule has 1 aliphatic rings. The highest BCUT2D eigenvalue weighted by molar-refractivity contribution is 5.30. The van der Waals surface area contributed by atoms with E-state index in [4.69, 9.17) is 11.5 Å². The number of hydrogen-bond acceptors (Lipinski definition) is 3. The summed E-state index contributed by atoms with van der Waals surface area (Å²) in [6.45, 7) is 4.07. The Labute approximate surface area is 72.7 Å². The molecule has 0 fully saturated rings. The average molecular weight is 168 g/mol. The van der Waals surface area contributed by atoms with Gasteiger partial charge in [-0.15, -0.1) is 0 Å². The van der Waals surface area contributed by atoms with E-state index in [-0.39, 0.29) is 11.2 Å². The molecule has 1 unspecified atom stereocenters. The fraction of sp³-hybridized carbons (Fsp3) is 0.556. The second-order valence-electron chi connectivity index (χ2n) is 3.66. The molecule has 0 aliphatic heterocycles. The molecular weight excluding hydrogens is 152 g/mol. The standard InChI is InChI=1S/C9H16N2O/c1-3-8(2)4-5-9(10,11)7(12)6-8/h4-6,12H,3,10-11H2,1-2H3. The minimum Gasteiger partial charge on any atom is -0.509 e. The maximum atomic E-state index is 9.46. The lowest BCUT2D eigenvalue weighted by molar-refractivity contribution is 0.308. The van der Waals surface area contributed by atoms with Crippen LogP contribution in [0.1, 0.15) is 20.3 Å². The molecule has 0 amide bonds. The van der Waals surface area contributed by atoms with Crippen LogP contribution in [-0.2, 0) is 0 Å². The zero-order valence-electron chi connectivity index (χ0n) is 7.54. The van der Waals surface area contributed by atoms with Gasteiger partial charge in [-0.1, -0.05) is 19.9 Å². The Morgan fingerprint density at radius 1 is 1.42 bits per heavy atom. The molecule has 0 heterocycles. The van der Waals surface area contributed by atoms with Crippen molar-refractivity contribution in [3.05, 3.63) is 24.0 Å². The third-order valence-corrected chi connectivity index (χ3v) is 2.41. The summed E-state index contributed by atoms with van der Waals surface area (Å²) in [7, 11) is 0. The summed E-state index contributed by atoms with van der Waals surface area (Å²) in [6, 6.07) is 0. The first-order valence-electron chi connectivity index (χ1n) is 4.10. The van der Waals surface area contributed by atoms with E-state index in [9.17, 15) is 5.11 Å². The Kier molecular flexibility index (Phi) is 2.02. The molecule has 1 aliphatic carbocycles. The van der Waals surface area contributed by atoms with Crippen molar-refractivity contribution in [3.8, 4) is 0 Å². The van der Waals surface area contributed by atoms with E-state index in [0.717, 1.165) is 6.42 Å². The van der Waals surface area contributed by atoms with Crippen molar-refractivity contribution in [2.24, 2.45) is 16.9 Å². The van der Waals surface area contributed by atoms with Gasteiger partial charge in [-0.2, -0.15) is 0 Å². The predicted molar refractivity (Wildman–Crippen MR) is 49.4 cm³/mol. The second kappa shape index (κ2) is 2.61. The molecule has 1 atom stereocenters. The third-order valence-electron chi connectivity index (χ3n) is 2.41. The van der Waals surface area contributed by atoms with E-state index in [1.54, 1.807) is 12.2 Å². The van der Waals surface area contributed by atoms with Crippen LogP contribution < -0.4 is 11.5 Å². The van der Waals surface area contributed by atoms with Gasteiger partial charge in [0.15, 0.2) is 0 Å². The minimum absolute atomic E-state index is 0.0503. The predicted octanol–water partition coefficient (Wildman–Crippen LogP) is 1.03. The van der Waals surface area contributed by atoms with Crippen LogP contribution in [0.4, 0.5) is 0 Å². The highest BCUT2D eigenvalue weighted by Crippen LogP contribution is 2.31. The van der Waals surface area contributed by atoms with Crippen LogP contribution in [0.25, 0.3) is 0 Å². The van der Waals surface area contributed by atoms with Gasteiger partial charge in [0.25, 0.3) is 0 Å². The average Bonchev–Trinajstić information content (AvgIpc) is 1.99. The van der Waals surface area contributed by atoms with Gasteiger partial charge < -0.3 is 16.6 Å². The Morgan fingerprint density at radius 3 is 2.42 bits per heavy atom. The molecule has 0 saturated heterocycles. The first kappa shape index (κ1) is 9.29. The monoisotopic (exact) mass is 168 g/mol. The molecule has 3 nitrogen and oxygen atoms in total. The lowest BCUT2D eigenvalue weighted by Gasteiger charge is -2.31. The summed E-state index contributed by atoms with van der Waals surface area (Å²) in [4.78, 5) is 0. The van der Waals surface area contributed by atoms with E-state index in [0.29, 0.717) is 0 Å². The SMILES string of the molecule is CCC1(C)C=CC(N)(N)C(O)=C1. The molecule has 0 aromatic rings. The molecule has 0 radical (unpaired) electrons. The molecule has 0 aromatic heterocycles. The first-order chi connectivity index (χ1) is 5.40. The molecule has 68 valence electrons. The zero-order valence-corrected chi connectivity index (χ0v) is 7.54. The summed E-state index contributed by atoms with van der Waals surface area (Å²) in [5, 5.41) is 9.46. The summed E-state index contributed by atoms with van der Waals surface area (Å²) < 4.78 is 0. The maximum absolute atomic E-state index is 9.46. The van der Waals surface area contributed by atoms with Crippen molar-refractivity contribution < 1.29 is 5.11 Å². The lowest BCUT2D eigenvalue weighted by atomic mass is 9.81. The van der Waals surface area contributed by atoms with Gasteiger partial charge >= 0.3 is 0 Å². The normalized spacial score (nSPS) is 33.2. The Bertz CT molecular complexity index is 243. The molecule has 0 aromatic carbocycles. The number of rotatable bonds is 1. The van der Waals surface area contributed by atoms with E-state index in [1.165, 1.54) is 0 Å². The van der Waals surface area contributed by atoms with Crippen LogP contribution in [0.15, 0.2) is 24.0 Å². The number of aliphatic hydroxyl groups is 1. The van der Waals surface area contributed by atoms with Crippen molar-refractivity contribution >= 4 is 0 Å². The minimum atomic E-state index is -1.17. The molecule has 1 rings (SSSR count). The molecule has 3 heteroatoms. The highest BCUT2D eigenvalue weighted by Gasteiger charge is 2.30. The molecule has 0 saturated carbocycles. The Morgan fingerprint density at radius 2 is 2.00 bits per heavy atom. The number of aliphatic hydroxyl groups excluding tert-OH is 1. The Hall–Kier alpha value is -0.800. The van der Waals surface area contributed by atoms with Crippen LogP contribution in [-0.4, -0.2) is 10.8 Å². The quantitative estimate of drug-likeness (QED) is 0.404. The topological polar surface area (TPSA) is 72.3 Å². The number of hydrogen-bond donors (Lipinski definition) is 3. The Balaban J connectivity index is 2.97. The molecular formula is C9H16N2O. The van der Waals surface area contributed by atoms with Crippen LogP contribution in [0, 0.1) is 5.41 Å². The number of nitrogens with two attached hydrogens (primary N) is 2. The van der Waals surface area contributed by atoms with Crippen molar-refractivity contribution in [1.29, 1.82) is 0 Å². The van der Waals surface area contributed by atoms with Gasteiger partial charge in [-0.3, -0.25) is 0 Å². The molecule has 0 spiro atoms. The fourth-order valence-corrected chi connectivity index (χ4v) is 1.12. The first-order valence-corrected chi connectivity index (χ1v) is 4.10. The summed E-state index contributed by atoms with van der Waals surface area (Å²) in [6.07, 6.45) is 6.22. The maximum Gasteiger partial charge on any atom is 0.141 e. The largest absolute Gasteiger partial charge is 0.509 e. The van der Waals surface area contributed by atoms with Crippen LogP contribution in [0.5, 0.6) is 0 Å². The zero-order chi connectivity index (χ0) is 9.41. The second-order valence-corrected chi connectivity index (χ2v) is 3.66. The van der Waals surface area contributed by atoms with Gasteiger partial charge in [0, 0.05) is 5.41 Å². The third kappa shape index (κ3) is 1.52. The van der Waals surface area contributed by atoms with Crippen LogP contribution in [0.2, 0.25) is 0 Å². The van der Waals surface area contributed by atoms with E-state index in [2.05, 4.69) is 0 Å². The smallest absolute Gasteiger partial charge is 0.141 e. The fourth-order valence-electron chi connectivity index (χ4n) is 1.12. The van der Waals surface area contributed by atoms with Gasteiger partial charge in [-0.25, -0.2) is 0 Å². The summed E-state index contributed by atoms with van der Waals surface area (Å²) >= 11 is 0. The molecule has 5 N–H and O–H groups in total. The van der Waals surface area contributed by atoms with Crippen LogP contribution in [0.3, 0.4) is 0 Å². The molecule has 12 heavy (non-hydrogen) atoms. The van der Waals surface area contributed by atoms with Crippen molar-refractivity contribution in [2.45, 2.75) is 25.9 Å². The van der Waals surface area contributed by atoms with E-state index in [1.807, 2.05) is 19.9 Å². The van der Waals surface area contributed by atoms with Gasteiger partial charge in [0.05, 0.1) is 0 Å². The summed E-state index contributed by atoms with van der Waals surface area (Å²) in [5.41, 5.74) is 9.86. The number of allylic oxidation sites excluding steroid dienone is 2. The van der Waals surface area contributed by atoms with Gasteiger partial charge in [-0.05, 0) is 18.6 Å². The van der Waals surface area contributed by atoms with Crippen molar-refractivity contribution in [1.82, 2.24) is 0 Å². The lowest BCUT2D eigenvalue weighted by Crippen LogP contribution is -2.51. The molecule has 0 bridgehead atoms. The van der Waals surface area contributed by atoms with Crippen molar-refractivity contribution in [2.75, 3.05) is 0 Å². The van der Waals surface area contributed by atoms with E-state index < -0.39 is 5.66 Å². The van der Waals surface area contributed by atoms with Crippen LogP contribution >= 0.6 is 0 Å². The van der Waals surface area contributed by atoms with Gasteiger partial charge in [0.1, 0.15) is 11.4 Å². The highest BCUT2D eigenvalue weighted by atomic mass is 16.3. The van der Waals surface area contributed by atoms with E-state index >= 15 is 0 Å².